The second kappa shape index (κ2) is 9.44. The number of nitrogens with one attached hydrogen (secondary N) is 1. The molecular weight excluding hydrogens is 338 g/mol. The Morgan fingerprint density at radius 2 is 2.32 bits per heavy atom. The quantitative estimate of drug-likeness (QED) is 0.478. The van der Waals surface area contributed by atoms with E-state index in [1.54, 1.807) is 6.26 Å². The van der Waals surface area contributed by atoms with Gasteiger partial charge in [0.15, 0.2) is 0 Å². The zero-order valence-corrected chi connectivity index (χ0v) is 16.0. The van der Waals surface area contributed by atoms with Gasteiger partial charge in [0.05, 0.1) is 12.7 Å². The van der Waals surface area contributed by atoms with Crippen LogP contribution >= 0.6 is 11.3 Å². The molecule has 1 aliphatic heterocycles. The summed E-state index contributed by atoms with van der Waals surface area (Å²) in [5.74, 6) is 7.05. The van der Waals surface area contributed by atoms with E-state index in [0.29, 0.717) is 48.3 Å². The fraction of sp³-hybridized carbons (Fsp3) is 0.556. The summed E-state index contributed by atoms with van der Waals surface area (Å²) >= 11 is 1.20. The van der Waals surface area contributed by atoms with E-state index in [1.807, 2.05) is 13.8 Å². The van der Waals surface area contributed by atoms with E-state index in [4.69, 9.17) is 9.47 Å². The highest BCUT2D eigenvalue weighted by Gasteiger charge is 2.20. The lowest BCUT2D eigenvalue weighted by atomic mass is 10.2. The minimum absolute atomic E-state index is 0.158. The first-order chi connectivity index (χ1) is 12.0. The van der Waals surface area contributed by atoms with Gasteiger partial charge in [-0.05, 0) is 13.8 Å². The number of hydrogen-bond donors (Lipinski definition) is 1. The van der Waals surface area contributed by atoms with Crippen molar-refractivity contribution in [2.45, 2.75) is 40.2 Å². The minimum Gasteiger partial charge on any atom is -0.478 e. The fourth-order valence-corrected chi connectivity index (χ4v) is 2.66. The Hall–Kier alpha value is -2.04. The van der Waals surface area contributed by atoms with Crippen molar-refractivity contribution in [3.05, 3.63) is 23.1 Å². The summed E-state index contributed by atoms with van der Waals surface area (Å²) in [6.45, 7) is 10.1. The molecule has 1 amide bonds. The molecule has 1 N–H and O–H groups in total. The van der Waals surface area contributed by atoms with E-state index >= 15 is 0 Å². The number of thiazole rings is 1. The maximum absolute atomic E-state index is 12.0. The SMILES string of the molecule is CC(C)C#CCCNC(=O)c1cnc(O/C=C2/CN(C(C)C)CO2)s1. The van der Waals surface area contributed by atoms with Crippen molar-refractivity contribution in [3.8, 4) is 17.0 Å². The summed E-state index contributed by atoms with van der Waals surface area (Å²) in [4.78, 5) is 18.8. The Morgan fingerprint density at radius 1 is 1.52 bits per heavy atom. The molecule has 25 heavy (non-hydrogen) atoms. The van der Waals surface area contributed by atoms with Gasteiger partial charge in [0.2, 0.25) is 0 Å². The predicted molar refractivity (Wildman–Crippen MR) is 98.2 cm³/mol. The molecule has 136 valence electrons. The number of aromatic nitrogens is 1. The molecule has 1 fully saturated rings. The third-order valence-corrected chi connectivity index (χ3v) is 4.32. The molecule has 1 aromatic rings. The van der Waals surface area contributed by atoms with Crippen LogP contribution in [0, 0.1) is 17.8 Å². The lowest BCUT2D eigenvalue weighted by molar-refractivity contribution is 0.0958. The van der Waals surface area contributed by atoms with Crippen molar-refractivity contribution in [3.63, 3.8) is 0 Å². The summed E-state index contributed by atoms with van der Waals surface area (Å²) in [5, 5.41) is 3.25. The van der Waals surface area contributed by atoms with Gasteiger partial charge in [0, 0.05) is 24.9 Å². The molecule has 2 heterocycles. The number of carbonyl (C=O) groups excluding carboxylic acids is 1. The maximum atomic E-state index is 12.0. The lowest BCUT2D eigenvalue weighted by Crippen LogP contribution is -2.27. The van der Waals surface area contributed by atoms with Gasteiger partial charge in [0.1, 0.15) is 23.6 Å². The fourth-order valence-electron chi connectivity index (χ4n) is 2.00. The highest BCUT2D eigenvalue weighted by Crippen LogP contribution is 2.22. The largest absolute Gasteiger partial charge is 0.478 e. The summed E-state index contributed by atoms with van der Waals surface area (Å²) in [6, 6.07) is 0.422. The summed E-state index contributed by atoms with van der Waals surface area (Å²) in [7, 11) is 0. The number of hydrogen-bond acceptors (Lipinski definition) is 6. The number of ether oxygens (including phenoxy) is 2. The molecule has 0 aromatic carbocycles. The van der Waals surface area contributed by atoms with E-state index in [9.17, 15) is 4.79 Å². The van der Waals surface area contributed by atoms with E-state index in [-0.39, 0.29) is 5.91 Å². The number of carbonyl (C=O) groups is 1. The Bertz CT molecular complexity index is 671. The molecule has 0 radical (unpaired) electrons. The van der Waals surface area contributed by atoms with Gasteiger partial charge in [-0.3, -0.25) is 9.69 Å². The first-order valence-corrected chi connectivity index (χ1v) is 9.22. The van der Waals surface area contributed by atoms with Crippen LogP contribution in [0.3, 0.4) is 0 Å². The first kappa shape index (κ1) is 19.3. The highest BCUT2D eigenvalue weighted by molar-refractivity contribution is 7.15. The number of nitrogens with zero attached hydrogens (tertiary/aromatic N) is 2. The van der Waals surface area contributed by atoms with Crippen LogP contribution in [0.15, 0.2) is 18.2 Å². The van der Waals surface area contributed by atoms with E-state index < -0.39 is 0 Å². The van der Waals surface area contributed by atoms with Gasteiger partial charge in [-0.15, -0.1) is 11.8 Å². The van der Waals surface area contributed by atoms with Crippen molar-refractivity contribution in [1.29, 1.82) is 0 Å². The average molecular weight is 363 g/mol. The van der Waals surface area contributed by atoms with E-state index in [2.05, 4.69) is 40.9 Å². The van der Waals surface area contributed by atoms with Crippen molar-refractivity contribution in [2.75, 3.05) is 19.8 Å². The van der Waals surface area contributed by atoms with Crippen LogP contribution in [0.1, 0.15) is 43.8 Å². The second-order valence-corrected chi connectivity index (χ2v) is 7.28. The van der Waals surface area contributed by atoms with Crippen LogP contribution in [0.2, 0.25) is 0 Å². The zero-order valence-electron chi connectivity index (χ0n) is 15.2. The summed E-state index contributed by atoms with van der Waals surface area (Å²) < 4.78 is 11.1. The molecular formula is C18H25N3O3S. The zero-order chi connectivity index (χ0) is 18.2. The van der Waals surface area contributed by atoms with Gasteiger partial charge >= 0.3 is 0 Å². The van der Waals surface area contributed by atoms with Crippen LogP contribution in [0.25, 0.3) is 0 Å². The molecule has 6 nitrogen and oxygen atoms in total. The van der Waals surface area contributed by atoms with Crippen molar-refractivity contribution >= 4 is 17.2 Å². The van der Waals surface area contributed by atoms with Gasteiger partial charge in [-0.1, -0.05) is 25.2 Å². The Labute approximate surface area is 153 Å². The summed E-state index contributed by atoms with van der Waals surface area (Å²) in [5.41, 5.74) is 0. The first-order valence-electron chi connectivity index (χ1n) is 8.40. The molecule has 2 rings (SSSR count). The summed E-state index contributed by atoms with van der Waals surface area (Å²) in [6.07, 6.45) is 3.72. The van der Waals surface area contributed by atoms with Crippen LogP contribution < -0.4 is 10.1 Å². The minimum atomic E-state index is -0.158. The second-order valence-electron chi connectivity index (χ2n) is 6.29. The number of rotatable bonds is 6. The molecule has 1 aliphatic rings. The predicted octanol–water partition coefficient (Wildman–Crippen LogP) is 2.84. The molecule has 0 atom stereocenters. The monoisotopic (exact) mass is 363 g/mol. The molecule has 0 saturated carbocycles. The Balaban J connectivity index is 1.78. The van der Waals surface area contributed by atoms with Gasteiger partial charge in [-0.25, -0.2) is 4.98 Å². The van der Waals surface area contributed by atoms with Crippen LogP contribution in [-0.2, 0) is 4.74 Å². The smallest absolute Gasteiger partial charge is 0.278 e. The third-order valence-electron chi connectivity index (χ3n) is 3.43. The van der Waals surface area contributed by atoms with Gasteiger partial charge in [-0.2, -0.15) is 0 Å². The molecule has 0 aliphatic carbocycles. The van der Waals surface area contributed by atoms with Gasteiger partial charge < -0.3 is 14.8 Å². The maximum Gasteiger partial charge on any atom is 0.278 e. The molecule has 0 bridgehead atoms. The lowest BCUT2D eigenvalue weighted by Gasteiger charge is -2.15. The van der Waals surface area contributed by atoms with Crippen molar-refractivity contribution in [2.24, 2.45) is 5.92 Å². The molecule has 7 heteroatoms. The average Bonchev–Trinajstić information content (AvgIpc) is 3.21. The number of amides is 1. The van der Waals surface area contributed by atoms with E-state index in [0.717, 1.165) is 5.76 Å². The molecule has 1 aromatic heterocycles. The molecule has 0 unspecified atom stereocenters. The van der Waals surface area contributed by atoms with Crippen LogP contribution in [-0.4, -0.2) is 41.7 Å². The molecule has 0 spiro atoms. The van der Waals surface area contributed by atoms with Crippen molar-refractivity contribution < 1.29 is 14.3 Å². The Kier molecular flexibility index (Phi) is 7.29. The van der Waals surface area contributed by atoms with E-state index in [1.165, 1.54) is 17.5 Å². The van der Waals surface area contributed by atoms with Crippen LogP contribution in [0.5, 0.6) is 5.19 Å². The Morgan fingerprint density at radius 3 is 3.00 bits per heavy atom. The molecule has 1 saturated heterocycles. The topological polar surface area (TPSA) is 63.7 Å². The van der Waals surface area contributed by atoms with Gasteiger partial charge in [0.25, 0.3) is 11.1 Å². The van der Waals surface area contributed by atoms with Crippen molar-refractivity contribution in [1.82, 2.24) is 15.2 Å². The van der Waals surface area contributed by atoms with Crippen LogP contribution in [0.4, 0.5) is 0 Å². The standard InChI is InChI=1S/C18H25N3O3S/c1-13(2)7-5-6-8-19-17(22)16-9-20-18(25-16)23-11-15-10-21(12-24-15)14(3)4/h9,11,13-14H,6,8,10,12H2,1-4H3,(H,19,22)/b15-11-. The third kappa shape index (κ3) is 6.40. The normalized spacial score (nSPS) is 16.0. The highest BCUT2D eigenvalue weighted by atomic mass is 32.1.